The largest absolute Gasteiger partial charge is 0.424 e. The average molecular weight is 378 g/mol. The lowest BCUT2D eigenvalue weighted by Gasteiger charge is -2.15. The molecular weight excluding hydrogens is 357 g/mol. The molecule has 0 amide bonds. The Bertz CT molecular complexity index is 801. The van der Waals surface area contributed by atoms with Crippen molar-refractivity contribution in [3.63, 3.8) is 0 Å². The Labute approximate surface area is 155 Å². The van der Waals surface area contributed by atoms with Gasteiger partial charge in [0, 0.05) is 11.7 Å². The van der Waals surface area contributed by atoms with Crippen LogP contribution in [0.25, 0.3) is 0 Å². The second kappa shape index (κ2) is 8.68. The third-order valence-electron chi connectivity index (χ3n) is 3.56. The lowest BCUT2D eigenvalue weighted by atomic mass is 10.1. The zero-order chi connectivity index (χ0) is 20.0. The van der Waals surface area contributed by atoms with Crippen molar-refractivity contribution in [3.8, 4) is 0 Å². The zero-order valence-electron chi connectivity index (χ0n) is 14.9. The number of hydrogen-bond donors (Lipinski definition) is 4. The van der Waals surface area contributed by atoms with E-state index in [0.29, 0.717) is 16.9 Å². The van der Waals surface area contributed by atoms with Crippen molar-refractivity contribution >= 4 is 23.2 Å². The van der Waals surface area contributed by atoms with Crippen molar-refractivity contribution in [2.24, 2.45) is 0 Å². The van der Waals surface area contributed by atoms with Crippen LogP contribution in [0.1, 0.15) is 25.0 Å². The molecule has 0 spiro atoms. The van der Waals surface area contributed by atoms with Crippen LogP contribution in [-0.4, -0.2) is 24.4 Å². The molecule has 2 aromatic rings. The number of anilines is 2. The first kappa shape index (κ1) is 20.4. The maximum Gasteiger partial charge on any atom is 0.416 e. The van der Waals surface area contributed by atoms with Gasteiger partial charge in [-0.3, -0.25) is 10.8 Å². The molecule has 144 valence electrons. The summed E-state index contributed by atoms with van der Waals surface area (Å²) in [5.74, 6) is -0.321. The molecule has 2 aromatic carbocycles. The second-order valence-electron chi connectivity index (χ2n) is 6.14. The van der Waals surface area contributed by atoms with Crippen LogP contribution in [0.2, 0.25) is 0 Å². The fourth-order valence-corrected chi connectivity index (χ4v) is 2.20. The predicted octanol–water partition coefficient (Wildman–Crippen LogP) is 4.77. The third-order valence-corrected chi connectivity index (χ3v) is 3.56. The van der Waals surface area contributed by atoms with Gasteiger partial charge in [-0.15, -0.1) is 0 Å². The van der Waals surface area contributed by atoms with E-state index in [1.54, 1.807) is 24.3 Å². The summed E-state index contributed by atoms with van der Waals surface area (Å²) in [4.78, 5) is 0. The Hall–Kier alpha value is -2.87. The number of alkyl halides is 3. The number of para-hydroxylation sites is 1. The highest BCUT2D eigenvalue weighted by atomic mass is 19.4. The summed E-state index contributed by atoms with van der Waals surface area (Å²) in [6, 6.07) is 11.5. The van der Waals surface area contributed by atoms with Crippen molar-refractivity contribution in [2.45, 2.75) is 26.1 Å². The fraction of sp³-hybridized carbons (Fsp3) is 0.263. The van der Waals surface area contributed by atoms with Gasteiger partial charge in [-0.25, -0.2) is 0 Å². The van der Waals surface area contributed by atoms with Gasteiger partial charge in [0.2, 0.25) is 11.8 Å². The third kappa shape index (κ3) is 6.10. The van der Waals surface area contributed by atoms with Crippen molar-refractivity contribution in [3.05, 3.63) is 59.7 Å². The van der Waals surface area contributed by atoms with Crippen molar-refractivity contribution < 1.29 is 17.9 Å². The summed E-state index contributed by atoms with van der Waals surface area (Å²) in [6.45, 7) is 4.05. The van der Waals surface area contributed by atoms with E-state index < -0.39 is 11.7 Å². The number of hydrogen-bond acceptors (Lipinski definition) is 5. The number of nitrogens with one attached hydrogen (secondary N) is 4. The Balaban J connectivity index is 2.11. The van der Waals surface area contributed by atoms with Gasteiger partial charge in [-0.1, -0.05) is 26.0 Å². The van der Waals surface area contributed by atoms with Gasteiger partial charge in [0.25, 0.3) is 0 Å². The minimum atomic E-state index is -4.39. The minimum absolute atomic E-state index is 0.0990. The van der Waals surface area contributed by atoms with E-state index >= 15 is 0 Å². The summed E-state index contributed by atoms with van der Waals surface area (Å²) >= 11 is 0. The molecule has 0 saturated carbocycles. The number of benzene rings is 2. The van der Waals surface area contributed by atoms with Crippen LogP contribution < -0.4 is 10.6 Å². The van der Waals surface area contributed by atoms with Gasteiger partial charge in [-0.05, 0) is 36.4 Å². The van der Waals surface area contributed by atoms with E-state index in [4.69, 9.17) is 15.6 Å². The quantitative estimate of drug-likeness (QED) is 0.432. The van der Waals surface area contributed by atoms with Crippen LogP contribution >= 0.6 is 0 Å². The summed E-state index contributed by atoms with van der Waals surface area (Å²) in [5.41, 5.74) is 0.599. The molecule has 0 heterocycles. The van der Waals surface area contributed by atoms with Gasteiger partial charge in [-0.2, -0.15) is 13.2 Å². The molecule has 0 bridgehead atoms. The van der Waals surface area contributed by atoms with Gasteiger partial charge < -0.3 is 15.4 Å². The molecule has 4 N–H and O–H groups in total. The molecule has 0 aliphatic rings. The van der Waals surface area contributed by atoms with E-state index in [1.165, 1.54) is 12.1 Å². The number of halogens is 3. The van der Waals surface area contributed by atoms with Crippen LogP contribution in [0, 0.1) is 10.8 Å². The smallest absolute Gasteiger partial charge is 0.416 e. The molecule has 0 saturated heterocycles. The molecule has 2 rings (SSSR count). The lowest BCUT2D eigenvalue weighted by Crippen LogP contribution is -2.31. The maximum atomic E-state index is 12.7. The second-order valence-corrected chi connectivity index (χ2v) is 6.14. The summed E-state index contributed by atoms with van der Waals surface area (Å²) < 4.78 is 43.2. The SMILES string of the molecule is CC(C)NCC(=N)OC(=N)c1ccccc1Nc1ccc(C(F)(F)F)cc1. The van der Waals surface area contributed by atoms with Crippen LogP contribution in [0.3, 0.4) is 0 Å². The first-order valence-corrected chi connectivity index (χ1v) is 8.27. The monoisotopic (exact) mass is 378 g/mol. The number of rotatable bonds is 6. The molecule has 8 heteroatoms. The van der Waals surface area contributed by atoms with E-state index in [9.17, 15) is 13.2 Å². The van der Waals surface area contributed by atoms with E-state index in [-0.39, 0.29) is 24.4 Å². The zero-order valence-corrected chi connectivity index (χ0v) is 14.9. The molecule has 0 radical (unpaired) electrons. The molecule has 0 fully saturated rings. The first-order valence-electron chi connectivity index (χ1n) is 8.27. The Morgan fingerprint density at radius 1 is 1.04 bits per heavy atom. The van der Waals surface area contributed by atoms with Crippen LogP contribution in [0.5, 0.6) is 0 Å². The molecule has 0 aromatic heterocycles. The highest BCUT2D eigenvalue weighted by Crippen LogP contribution is 2.30. The predicted molar refractivity (Wildman–Crippen MR) is 99.9 cm³/mol. The van der Waals surface area contributed by atoms with Crippen molar-refractivity contribution in [1.29, 1.82) is 10.8 Å². The van der Waals surface area contributed by atoms with Crippen molar-refractivity contribution in [2.75, 3.05) is 11.9 Å². The molecule has 0 atom stereocenters. The minimum Gasteiger partial charge on any atom is -0.424 e. The van der Waals surface area contributed by atoms with E-state index in [1.807, 2.05) is 13.8 Å². The van der Waals surface area contributed by atoms with Crippen molar-refractivity contribution in [1.82, 2.24) is 5.32 Å². The topological polar surface area (TPSA) is 81.0 Å². The average Bonchev–Trinajstić information content (AvgIpc) is 2.60. The molecule has 27 heavy (non-hydrogen) atoms. The summed E-state index contributed by atoms with van der Waals surface area (Å²) in [7, 11) is 0. The van der Waals surface area contributed by atoms with Gasteiger partial charge >= 0.3 is 6.18 Å². The van der Waals surface area contributed by atoms with Crippen LogP contribution in [0.15, 0.2) is 48.5 Å². The maximum absolute atomic E-state index is 12.7. The summed E-state index contributed by atoms with van der Waals surface area (Å²) in [5, 5.41) is 21.9. The first-order chi connectivity index (χ1) is 12.7. The molecule has 0 aliphatic carbocycles. The van der Waals surface area contributed by atoms with E-state index in [2.05, 4.69) is 10.6 Å². The Kier molecular flexibility index (Phi) is 6.57. The Morgan fingerprint density at radius 2 is 1.67 bits per heavy atom. The highest BCUT2D eigenvalue weighted by molar-refractivity contribution is 6.03. The molecule has 5 nitrogen and oxygen atoms in total. The molecular formula is C19H21F3N4O. The fourth-order valence-electron chi connectivity index (χ4n) is 2.20. The standard InChI is InChI=1S/C19H21F3N4O/c1-12(2)25-11-17(23)27-18(24)15-5-3-4-6-16(15)26-14-9-7-13(8-10-14)19(20,21)22/h3-10,12,23-26H,11H2,1-2H3. The Morgan fingerprint density at radius 3 is 2.26 bits per heavy atom. The van der Waals surface area contributed by atoms with Crippen LogP contribution in [-0.2, 0) is 10.9 Å². The normalized spacial score (nSPS) is 11.3. The highest BCUT2D eigenvalue weighted by Gasteiger charge is 2.29. The van der Waals surface area contributed by atoms with Gasteiger partial charge in [0.15, 0.2) is 0 Å². The molecule has 0 unspecified atom stereocenters. The molecule has 0 aliphatic heterocycles. The van der Waals surface area contributed by atoms with Crippen LogP contribution in [0.4, 0.5) is 24.5 Å². The summed E-state index contributed by atoms with van der Waals surface area (Å²) in [6.07, 6.45) is -4.39. The number of ether oxygens (including phenoxy) is 1. The lowest BCUT2D eigenvalue weighted by molar-refractivity contribution is -0.137. The van der Waals surface area contributed by atoms with Gasteiger partial charge in [0.1, 0.15) is 0 Å². The van der Waals surface area contributed by atoms with E-state index in [0.717, 1.165) is 12.1 Å². The van der Waals surface area contributed by atoms with Gasteiger partial charge in [0.05, 0.1) is 23.4 Å².